The van der Waals surface area contributed by atoms with E-state index in [9.17, 15) is 8.42 Å². The van der Waals surface area contributed by atoms with Gasteiger partial charge in [-0.15, -0.1) is 0 Å². The first-order valence-electron chi connectivity index (χ1n) is 5.72. The van der Waals surface area contributed by atoms with Crippen LogP contribution in [-0.4, -0.2) is 24.8 Å². The lowest BCUT2D eigenvalue weighted by Gasteiger charge is -2.17. The Balaban J connectivity index is 2.23. The van der Waals surface area contributed by atoms with Gasteiger partial charge in [-0.2, -0.15) is 4.31 Å². The first-order chi connectivity index (χ1) is 9.39. The maximum Gasteiger partial charge on any atom is 0.244 e. The first-order valence-corrected chi connectivity index (χ1v) is 8.33. The average Bonchev–Trinajstić information content (AvgIpc) is 2.39. The monoisotopic (exact) mass is 374 g/mol. The van der Waals surface area contributed by atoms with Gasteiger partial charge in [0.1, 0.15) is 10.0 Å². The van der Waals surface area contributed by atoms with Gasteiger partial charge < -0.3 is 0 Å². The van der Waals surface area contributed by atoms with Crippen LogP contribution in [0.2, 0.25) is 5.15 Å². The molecule has 0 fully saturated rings. The molecule has 0 bridgehead atoms. The molecule has 0 spiro atoms. The maximum absolute atomic E-state index is 12.4. The van der Waals surface area contributed by atoms with E-state index in [1.54, 1.807) is 0 Å². The number of rotatable bonds is 4. The van der Waals surface area contributed by atoms with Crippen LogP contribution in [0.25, 0.3) is 0 Å². The highest BCUT2D eigenvalue weighted by Crippen LogP contribution is 2.19. The molecule has 0 N–H and O–H groups in total. The maximum atomic E-state index is 12.4. The Morgan fingerprint density at radius 2 is 2.05 bits per heavy atom. The number of sulfonamides is 1. The molecule has 0 aliphatic heterocycles. The molecule has 20 heavy (non-hydrogen) atoms. The van der Waals surface area contributed by atoms with Crippen molar-refractivity contribution in [3.8, 4) is 0 Å². The molecule has 0 unspecified atom stereocenters. The zero-order chi connectivity index (χ0) is 14.8. The standard InChI is InChI=1S/C13H12BrClN2O2S/c1-17(9-10-3-2-4-11(14)7-10)20(18,19)12-5-6-13(15)16-8-12/h2-8H,9H2,1H3. The van der Waals surface area contributed by atoms with Crippen molar-refractivity contribution in [2.45, 2.75) is 11.4 Å². The molecule has 0 aliphatic rings. The second-order valence-electron chi connectivity index (χ2n) is 4.21. The van der Waals surface area contributed by atoms with Gasteiger partial charge in [-0.1, -0.05) is 39.7 Å². The lowest BCUT2D eigenvalue weighted by Crippen LogP contribution is -2.26. The number of benzene rings is 1. The van der Waals surface area contributed by atoms with E-state index in [0.29, 0.717) is 0 Å². The van der Waals surface area contributed by atoms with Gasteiger partial charge in [-0.05, 0) is 29.8 Å². The SMILES string of the molecule is CN(Cc1cccc(Br)c1)S(=O)(=O)c1ccc(Cl)nc1. The Morgan fingerprint density at radius 1 is 1.30 bits per heavy atom. The first kappa shape index (κ1) is 15.4. The third kappa shape index (κ3) is 3.58. The van der Waals surface area contributed by atoms with Gasteiger partial charge in [-0.25, -0.2) is 13.4 Å². The summed E-state index contributed by atoms with van der Waals surface area (Å²) in [5.41, 5.74) is 0.896. The van der Waals surface area contributed by atoms with Crippen LogP contribution in [0.5, 0.6) is 0 Å². The van der Waals surface area contributed by atoms with Crippen LogP contribution in [0.15, 0.2) is 52.0 Å². The summed E-state index contributed by atoms with van der Waals surface area (Å²) in [6.07, 6.45) is 1.26. The highest BCUT2D eigenvalue weighted by Gasteiger charge is 2.21. The fraction of sp³-hybridized carbons (Fsp3) is 0.154. The summed E-state index contributed by atoms with van der Waals surface area (Å²) in [6.45, 7) is 0.282. The molecular weight excluding hydrogens is 364 g/mol. The summed E-state index contributed by atoms with van der Waals surface area (Å²) in [6, 6.07) is 10.4. The Hall–Kier alpha value is -0.950. The molecule has 106 valence electrons. The van der Waals surface area contributed by atoms with E-state index in [1.807, 2.05) is 24.3 Å². The normalized spacial score (nSPS) is 11.8. The minimum absolute atomic E-state index is 0.124. The van der Waals surface area contributed by atoms with Crippen molar-refractivity contribution in [3.05, 3.63) is 57.8 Å². The molecule has 0 amide bonds. The molecule has 4 nitrogen and oxygen atoms in total. The Labute approximate surface area is 131 Å². The topological polar surface area (TPSA) is 50.3 Å². The van der Waals surface area contributed by atoms with Gasteiger partial charge in [0.2, 0.25) is 10.0 Å². The summed E-state index contributed by atoms with van der Waals surface area (Å²) in [7, 11) is -2.04. The molecule has 7 heteroatoms. The van der Waals surface area contributed by atoms with E-state index in [0.717, 1.165) is 10.0 Å². The van der Waals surface area contributed by atoms with Crippen LogP contribution in [-0.2, 0) is 16.6 Å². The predicted octanol–water partition coefficient (Wildman–Crippen LogP) is 3.32. The van der Waals surface area contributed by atoms with Gasteiger partial charge in [0, 0.05) is 24.3 Å². The van der Waals surface area contributed by atoms with Crippen molar-refractivity contribution in [1.29, 1.82) is 0 Å². The molecule has 1 heterocycles. The van der Waals surface area contributed by atoms with E-state index < -0.39 is 10.0 Å². The fourth-order valence-corrected chi connectivity index (χ4v) is 3.34. The van der Waals surface area contributed by atoms with Crippen LogP contribution in [0.1, 0.15) is 5.56 Å². The number of halogens is 2. The van der Waals surface area contributed by atoms with E-state index in [-0.39, 0.29) is 16.6 Å². The van der Waals surface area contributed by atoms with Crippen LogP contribution < -0.4 is 0 Å². The Bertz CT molecular complexity index is 705. The number of hydrogen-bond acceptors (Lipinski definition) is 3. The summed E-state index contributed by atoms with van der Waals surface area (Å²) < 4.78 is 26.9. The van der Waals surface area contributed by atoms with Crippen LogP contribution >= 0.6 is 27.5 Å². The summed E-state index contributed by atoms with van der Waals surface area (Å²) >= 11 is 9.03. The van der Waals surface area contributed by atoms with E-state index in [2.05, 4.69) is 20.9 Å². The Kier molecular flexibility index (Phi) is 4.80. The smallest absolute Gasteiger partial charge is 0.243 e. The third-order valence-electron chi connectivity index (χ3n) is 2.70. The Morgan fingerprint density at radius 3 is 2.65 bits per heavy atom. The molecule has 1 aromatic heterocycles. The fourth-order valence-electron chi connectivity index (χ4n) is 1.67. The largest absolute Gasteiger partial charge is 0.244 e. The second kappa shape index (κ2) is 6.22. The van der Waals surface area contributed by atoms with Gasteiger partial charge in [0.15, 0.2) is 0 Å². The summed E-state index contributed by atoms with van der Waals surface area (Å²) in [5.74, 6) is 0. The molecule has 2 rings (SSSR count). The molecule has 0 radical (unpaired) electrons. The van der Waals surface area contributed by atoms with Crippen molar-refractivity contribution >= 4 is 37.6 Å². The van der Waals surface area contributed by atoms with Gasteiger partial charge in [0.05, 0.1) is 0 Å². The summed E-state index contributed by atoms with van der Waals surface area (Å²) in [5, 5.41) is 0.263. The van der Waals surface area contributed by atoms with Crippen molar-refractivity contribution in [3.63, 3.8) is 0 Å². The molecule has 0 aliphatic carbocycles. The average molecular weight is 376 g/mol. The van der Waals surface area contributed by atoms with Crippen molar-refractivity contribution in [2.24, 2.45) is 0 Å². The zero-order valence-electron chi connectivity index (χ0n) is 10.6. The van der Waals surface area contributed by atoms with Gasteiger partial charge in [0.25, 0.3) is 0 Å². The minimum atomic E-state index is -3.57. The number of pyridine rings is 1. The van der Waals surface area contributed by atoms with Crippen LogP contribution in [0, 0.1) is 0 Å². The van der Waals surface area contributed by atoms with E-state index >= 15 is 0 Å². The molecule has 0 saturated carbocycles. The zero-order valence-corrected chi connectivity index (χ0v) is 13.8. The minimum Gasteiger partial charge on any atom is -0.243 e. The highest BCUT2D eigenvalue weighted by molar-refractivity contribution is 9.10. The summed E-state index contributed by atoms with van der Waals surface area (Å²) in [4.78, 5) is 3.93. The lowest BCUT2D eigenvalue weighted by molar-refractivity contribution is 0.466. The number of aromatic nitrogens is 1. The van der Waals surface area contributed by atoms with E-state index in [4.69, 9.17) is 11.6 Å². The van der Waals surface area contributed by atoms with Crippen LogP contribution in [0.3, 0.4) is 0 Å². The number of hydrogen-bond donors (Lipinski definition) is 0. The van der Waals surface area contributed by atoms with Gasteiger partial charge in [-0.3, -0.25) is 0 Å². The predicted molar refractivity (Wildman–Crippen MR) is 82.0 cm³/mol. The van der Waals surface area contributed by atoms with Crippen molar-refractivity contribution < 1.29 is 8.42 Å². The van der Waals surface area contributed by atoms with E-state index in [1.165, 1.54) is 29.7 Å². The second-order valence-corrected chi connectivity index (χ2v) is 7.56. The molecular formula is C13H12BrClN2O2S. The highest BCUT2D eigenvalue weighted by atomic mass is 79.9. The van der Waals surface area contributed by atoms with Crippen molar-refractivity contribution in [1.82, 2.24) is 9.29 Å². The lowest BCUT2D eigenvalue weighted by atomic mass is 10.2. The van der Waals surface area contributed by atoms with Crippen molar-refractivity contribution in [2.75, 3.05) is 7.05 Å². The number of nitrogens with zero attached hydrogens (tertiary/aromatic N) is 2. The van der Waals surface area contributed by atoms with Crippen LogP contribution in [0.4, 0.5) is 0 Å². The van der Waals surface area contributed by atoms with Gasteiger partial charge >= 0.3 is 0 Å². The third-order valence-corrected chi connectivity index (χ3v) is 5.21. The molecule has 1 aromatic carbocycles. The molecule has 0 atom stereocenters. The quantitative estimate of drug-likeness (QED) is 0.770. The molecule has 2 aromatic rings. The molecule has 0 saturated heterocycles.